The number of nitrogens with one attached hydrogen (secondary N) is 1. The Morgan fingerprint density at radius 2 is 2.13 bits per heavy atom. The van der Waals surface area contributed by atoms with Crippen molar-refractivity contribution in [1.29, 1.82) is 0 Å². The molecule has 4 nitrogen and oxygen atoms in total. The average Bonchev–Trinajstić information content (AvgIpc) is 2.56. The number of nitrogens with zero attached hydrogens (tertiary/aromatic N) is 1. The van der Waals surface area contributed by atoms with E-state index in [0.29, 0.717) is 18.9 Å². The number of likely N-dealkylation sites (tertiary alicyclic amines) is 1. The molecule has 1 N–H and O–H groups in total. The number of piperidine rings is 1. The minimum Gasteiger partial charge on any atom is -0.494 e. The molecule has 2 rings (SSSR count). The molecule has 1 heterocycles. The van der Waals surface area contributed by atoms with E-state index in [9.17, 15) is 4.79 Å². The van der Waals surface area contributed by atoms with Crippen LogP contribution in [0, 0.1) is 0 Å². The number of carbonyl (C=O) groups is 1. The first-order valence-corrected chi connectivity index (χ1v) is 11.7. The van der Waals surface area contributed by atoms with E-state index >= 15 is 0 Å². The molecule has 0 saturated carbocycles. The second-order valence-electron chi connectivity index (χ2n) is 5.79. The smallest absolute Gasteiger partial charge is 0.230 e. The van der Waals surface area contributed by atoms with Gasteiger partial charge in [-0.3, -0.25) is 9.69 Å². The predicted molar refractivity (Wildman–Crippen MR) is 105 cm³/mol. The van der Waals surface area contributed by atoms with E-state index in [4.69, 9.17) is 4.74 Å². The summed E-state index contributed by atoms with van der Waals surface area (Å²) in [4.78, 5) is 13.8. The third kappa shape index (κ3) is 7.76. The van der Waals surface area contributed by atoms with Gasteiger partial charge in [0.1, 0.15) is 5.75 Å². The highest BCUT2D eigenvalue weighted by Gasteiger charge is 2.10. The highest BCUT2D eigenvalue weighted by atomic mass is 127. The Morgan fingerprint density at radius 3 is 2.91 bits per heavy atom. The number of amides is 1. The number of rotatable bonds is 9. The lowest BCUT2D eigenvalue weighted by molar-refractivity contribution is -0.118. The first-order valence-electron chi connectivity index (χ1n) is 8.22. The fraction of sp³-hybridized carbons (Fsp3) is 0.588. The second kappa shape index (κ2) is 11.1. The molecular weight excluding hydrogens is 423 g/mol. The predicted octanol–water partition coefficient (Wildman–Crippen LogP) is 3.64. The van der Waals surface area contributed by atoms with Crippen LogP contribution in [0.1, 0.15) is 31.2 Å². The highest BCUT2D eigenvalue weighted by Crippen LogP contribution is 2.17. The van der Waals surface area contributed by atoms with Crippen molar-refractivity contribution in [3.8, 4) is 5.75 Å². The monoisotopic (exact) mass is 448 g/mol. The van der Waals surface area contributed by atoms with Crippen molar-refractivity contribution in [3.63, 3.8) is 0 Å². The van der Waals surface area contributed by atoms with Crippen LogP contribution in [-0.2, 0) is 11.3 Å². The number of benzene rings is 1. The zero-order valence-corrected chi connectivity index (χ0v) is 16.4. The molecule has 1 aromatic carbocycles. The van der Waals surface area contributed by atoms with Crippen molar-refractivity contribution < 1.29 is 9.53 Å². The summed E-state index contributed by atoms with van der Waals surface area (Å²) < 4.78 is 5.80. The third-order valence-electron chi connectivity index (χ3n) is 3.85. The summed E-state index contributed by atoms with van der Waals surface area (Å²) in [5.74, 6) is 1.53. The zero-order valence-electron chi connectivity index (χ0n) is 13.4. The van der Waals surface area contributed by atoms with Crippen LogP contribution in [0.3, 0.4) is 0 Å². The number of hydrogen-bond donors (Lipinski definition) is 1. The van der Waals surface area contributed by atoms with E-state index in [1.54, 1.807) is 0 Å². The molecule has 1 aliphatic heterocycles. The van der Waals surface area contributed by atoms with Crippen LogP contribution in [0.25, 0.3) is 0 Å². The molecule has 1 aliphatic rings. The standard InChI is InChI=1S/C17H25IN2O2S/c18-23-14-17(21)19-8-5-11-22-16-7-4-6-15(12-16)13-20-9-2-1-3-10-20/h4,6-7,12H,1-3,5,8-11,13-14H2,(H,19,21). The lowest BCUT2D eigenvalue weighted by atomic mass is 10.1. The molecule has 1 saturated heterocycles. The van der Waals surface area contributed by atoms with Crippen molar-refractivity contribution in [2.75, 3.05) is 32.0 Å². The Labute approximate surface area is 155 Å². The van der Waals surface area contributed by atoms with Gasteiger partial charge < -0.3 is 10.1 Å². The van der Waals surface area contributed by atoms with E-state index in [2.05, 4.69) is 49.6 Å². The van der Waals surface area contributed by atoms with E-state index in [1.807, 2.05) is 6.07 Å². The first-order chi connectivity index (χ1) is 11.3. The summed E-state index contributed by atoms with van der Waals surface area (Å²) in [5.41, 5.74) is 1.32. The first kappa shape index (κ1) is 18.9. The van der Waals surface area contributed by atoms with E-state index in [-0.39, 0.29) is 5.91 Å². The maximum absolute atomic E-state index is 11.3. The molecule has 23 heavy (non-hydrogen) atoms. The summed E-state index contributed by atoms with van der Waals surface area (Å²) >= 11 is 2.13. The van der Waals surface area contributed by atoms with Crippen molar-refractivity contribution in [3.05, 3.63) is 29.8 Å². The summed E-state index contributed by atoms with van der Waals surface area (Å²) in [6.07, 6.45) is 4.83. The molecule has 0 aromatic heterocycles. The molecule has 1 amide bonds. The molecule has 0 aliphatic carbocycles. The van der Waals surface area contributed by atoms with Gasteiger partial charge in [0.15, 0.2) is 0 Å². The molecule has 1 aromatic rings. The summed E-state index contributed by atoms with van der Waals surface area (Å²) in [5, 5.41) is 2.88. The molecule has 1 fully saturated rings. The fourth-order valence-electron chi connectivity index (χ4n) is 2.70. The number of halogens is 1. The summed E-state index contributed by atoms with van der Waals surface area (Å²) in [7, 11) is 1.51. The molecule has 128 valence electrons. The molecule has 0 spiro atoms. The van der Waals surface area contributed by atoms with E-state index in [0.717, 1.165) is 18.7 Å². The van der Waals surface area contributed by atoms with Crippen molar-refractivity contribution >= 4 is 36.0 Å². The fourth-order valence-corrected chi connectivity index (χ4v) is 3.75. The van der Waals surface area contributed by atoms with Crippen molar-refractivity contribution in [2.24, 2.45) is 0 Å². The van der Waals surface area contributed by atoms with Crippen LogP contribution in [0.4, 0.5) is 0 Å². The second-order valence-corrected chi connectivity index (χ2v) is 8.16. The third-order valence-corrected chi connectivity index (χ3v) is 5.16. The molecular formula is C17H25IN2O2S. The minimum atomic E-state index is 0.0907. The average molecular weight is 448 g/mol. The Morgan fingerprint density at radius 1 is 1.30 bits per heavy atom. The zero-order chi connectivity index (χ0) is 16.3. The van der Waals surface area contributed by atoms with Crippen molar-refractivity contribution in [2.45, 2.75) is 32.2 Å². The Balaban J connectivity index is 1.67. The van der Waals surface area contributed by atoms with Gasteiger partial charge in [-0.2, -0.15) is 0 Å². The van der Waals surface area contributed by atoms with E-state index < -0.39 is 0 Å². The Kier molecular flexibility index (Phi) is 9.14. The molecule has 6 heteroatoms. The summed E-state index contributed by atoms with van der Waals surface area (Å²) in [6.45, 7) is 4.73. The number of carbonyl (C=O) groups excluding carboxylic acids is 1. The van der Waals surface area contributed by atoms with Crippen LogP contribution in [0.15, 0.2) is 24.3 Å². The quantitative estimate of drug-likeness (QED) is 0.463. The van der Waals surface area contributed by atoms with E-state index in [1.165, 1.54) is 46.8 Å². The number of ether oxygens (including phenoxy) is 1. The molecule has 0 radical (unpaired) electrons. The Bertz CT molecular complexity index is 481. The van der Waals surface area contributed by atoms with Gasteiger partial charge in [-0.1, -0.05) is 27.5 Å². The topological polar surface area (TPSA) is 41.6 Å². The lowest BCUT2D eigenvalue weighted by Gasteiger charge is -2.26. The van der Waals surface area contributed by atoms with Gasteiger partial charge in [-0.15, -0.1) is 0 Å². The van der Waals surface area contributed by atoms with Crippen LogP contribution in [0.2, 0.25) is 0 Å². The normalized spacial score (nSPS) is 15.3. The maximum Gasteiger partial charge on any atom is 0.230 e. The van der Waals surface area contributed by atoms with Crippen LogP contribution in [0.5, 0.6) is 5.75 Å². The lowest BCUT2D eigenvalue weighted by Crippen LogP contribution is -2.29. The van der Waals surface area contributed by atoms with Gasteiger partial charge >= 0.3 is 0 Å². The van der Waals surface area contributed by atoms with Crippen LogP contribution in [-0.4, -0.2) is 42.8 Å². The van der Waals surface area contributed by atoms with Gasteiger partial charge in [0.2, 0.25) is 5.91 Å². The Hall–Kier alpha value is -0.470. The maximum atomic E-state index is 11.3. The molecule has 0 atom stereocenters. The highest BCUT2D eigenvalue weighted by molar-refractivity contribution is 14.2. The largest absolute Gasteiger partial charge is 0.494 e. The van der Waals surface area contributed by atoms with Crippen molar-refractivity contribution in [1.82, 2.24) is 10.2 Å². The summed E-state index contributed by atoms with van der Waals surface area (Å²) in [6, 6.07) is 8.38. The van der Waals surface area contributed by atoms with Crippen LogP contribution < -0.4 is 10.1 Å². The molecule has 0 unspecified atom stereocenters. The van der Waals surface area contributed by atoms with Crippen LogP contribution >= 0.6 is 30.1 Å². The van der Waals surface area contributed by atoms with Gasteiger partial charge in [-0.05, 0) is 71.3 Å². The van der Waals surface area contributed by atoms with Gasteiger partial charge in [0, 0.05) is 13.1 Å². The SMILES string of the molecule is O=C(CSI)NCCCOc1cccc(CN2CCCCC2)c1. The minimum absolute atomic E-state index is 0.0907. The molecule has 0 bridgehead atoms. The van der Waals surface area contributed by atoms with Gasteiger partial charge in [0.05, 0.1) is 12.4 Å². The van der Waals surface area contributed by atoms with Gasteiger partial charge in [-0.25, -0.2) is 0 Å². The van der Waals surface area contributed by atoms with Gasteiger partial charge in [0.25, 0.3) is 0 Å². The number of hydrogen-bond acceptors (Lipinski definition) is 4.